The number of hydrogen-bond donors (Lipinski definition) is 2. The van der Waals surface area contributed by atoms with Gasteiger partial charge < -0.3 is 4.74 Å². The van der Waals surface area contributed by atoms with Crippen LogP contribution in [0.2, 0.25) is 0 Å². The Labute approximate surface area is 132 Å². The van der Waals surface area contributed by atoms with E-state index in [9.17, 15) is 10.1 Å². The van der Waals surface area contributed by atoms with Crippen LogP contribution in [0.4, 0.5) is 0 Å². The van der Waals surface area contributed by atoms with Crippen LogP contribution in [0.1, 0.15) is 25.5 Å². The van der Waals surface area contributed by atoms with Crippen molar-refractivity contribution in [2.75, 3.05) is 11.9 Å². The van der Waals surface area contributed by atoms with Crippen molar-refractivity contribution >= 4 is 47.3 Å². The zero-order valence-corrected chi connectivity index (χ0v) is 13.8. The van der Waals surface area contributed by atoms with Crippen LogP contribution in [0.3, 0.4) is 0 Å². The van der Waals surface area contributed by atoms with Gasteiger partial charge in [0.25, 0.3) is 0 Å². The monoisotopic (exact) mass is 362 g/mol. The molecule has 1 heterocycles. The number of carbonyl (C=O) groups is 1. The van der Waals surface area contributed by atoms with E-state index in [1.54, 1.807) is 23.0 Å². The summed E-state index contributed by atoms with van der Waals surface area (Å²) >= 11 is 11.7. The Morgan fingerprint density at radius 1 is 1.63 bits per heavy atom. The summed E-state index contributed by atoms with van der Waals surface area (Å²) in [4.78, 5) is 11.5. The first kappa shape index (κ1) is 16.5. The first-order chi connectivity index (χ1) is 8.94. The fourth-order valence-corrected chi connectivity index (χ4v) is 2.35. The highest BCUT2D eigenvalue weighted by Gasteiger charge is 2.30. The Hall–Kier alpha value is -0.580. The van der Waals surface area contributed by atoms with Crippen LogP contribution in [-0.2, 0) is 14.9 Å². The van der Waals surface area contributed by atoms with Crippen molar-refractivity contribution in [2.45, 2.75) is 30.2 Å². The smallest absolute Gasteiger partial charge is 0.305 e. The summed E-state index contributed by atoms with van der Waals surface area (Å²) in [5, 5.41) is 10.6. The van der Waals surface area contributed by atoms with E-state index in [1.807, 2.05) is 0 Å². The number of hydrogen-bond acceptors (Lipinski definition) is 5. The molecule has 7 heteroatoms. The first-order valence-electron chi connectivity index (χ1n) is 5.68. The fourth-order valence-electron chi connectivity index (χ4n) is 1.65. The molecule has 0 aliphatic rings. The maximum Gasteiger partial charge on any atom is 0.305 e. The third kappa shape index (κ3) is 4.20. The zero-order chi connectivity index (χ0) is 14.5. The standard InChI is InChI=1S/C12H15BrN2O2S2/c1-12(8-14,5-4-11(16)17-7-6-13)9-2-3-10(18)15(9)19/h2-3,18-19H,4-7H2,1H3. The minimum Gasteiger partial charge on any atom is -0.465 e. The van der Waals surface area contributed by atoms with Crippen molar-refractivity contribution < 1.29 is 9.53 Å². The molecule has 1 rings (SSSR count). The Morgan fingerprint density at radius 2 is 2.32 bits per heavy atom. The van der Waals surface area contributed by atoms with Gasteiger partial charge in [-0.1, -0.05) is 28.7 Å². The van der Waals surface area contributed by atoms with Crippen LogP contribution in [0, 0.1) is 11.3 Å². The number of thiol groups is 2. The van der Waals surface area contributed by atoms with Crippen LogP contribution in [-0.4, -0.2) is 21.9 Å². The predicted octanol–water partition coefficient (Wildman–Crippen LogP) is 2.97. The molecule has 0 amide bonds. The van der Waals surface area contributed by atoms with Gasteiger partial charge in [-0.15, -0.1) is 12.6 Å². The second kappa shape index (κ2) is 7.27. The number of carbonyl (C=O) groups excluding carboxylic acids is 1. The summed E-state index contributed by atoms with van der Waals surface area (Å²) in [6.45, 7) is 2.12. The highest BCUT2D eigenvalue weighted by molar-refractivity contribution is 9.09. The molecule has 0 saturated heterocycles. The van der Waals surface area contributed by atoms with Gasteiger partial charge >= 0.3 is 5.97 Å². The quantitative estimate of drug-likeness (QED) is 0.464. The Morgan fingerprint density at radius 3 is 2.79 bits per heavy atom. The molecule has 0 fully saturated rings. The summed E-state index contributed by atoms with van der Waals surface area (Å²) < 4.78 is 6.52. The molecule has 1 atom stereocenters. The largest absolute Gasteiger partial charge is 0.465 e. The summed E-state index contributed by atoms with van der Waals surface area (Å²) in [7, 11) is 0. The molecule has 104 valence electrons. The molecule has 1 aromatic rings. The molecule has 0 spiro atoms. The molecule has 0 bridgehead atoms. The van der Waals surface area contributed by atoms with Gasteiger partial charge in [-0.2, -0.15) is 5.26 Å². The predicted molar refractivity (Wildman–Crippen MR) is 83.0 cm³/mol. The van der Waals surface area contributed by atoms with Crippen molar-refractivity contribution in [1.82, 2.24) is 3.97 Å². The fraction of sp³-hybridized carbons (Fsp3) is 0.500. The number of rotatable bonds is 6. The lowest BCUT2D eigenvalue weighted by Crippen LogP contribution is -2.23. The molecule has 0 N–H and O–H groups in total. The third-order valence-electron chi connectivity index (χ3n) is 2.82. The highest BCUT2D eigenvalue weighted by atomic mass is 79.9. The van der Waals surface area contributed by atoms with E-state index in [4.69, 9.17) is 4.74 Å². The summed E-state index contributed by atoms with van der Waals surface area (Å²) in [6.07, 6.45) is 0.570. The molecule has 4 nitrogen and oxygen atoms in total. The minimum atomic E-state index is -0.795. The van der Waals surface area contributed by atoms with Crippen molar-refractivity contribution in [3.8, 4) is 6.07 Å². The van der Waals surface area contributed by atoms with Crippen molar-refractivity contribution in [3.05, 3.63) is 17.8 Å². The van der Waals surface area contributed by atoms with E-state index in [0.717, 1.165) is 5.69 Å². The number of ether oxygens (including phenoxy) is 1. The second-order valence-corrected chi connectivity index (χ2v) is 5.89. The maximum atomic E-state index is 11.5. The summed E-state index contributed by atoms with van der Waals surface area (Å²) in [6, 6.07) is 5.80. The average molecular weight is 363 g/mol. The number of halogens is 1. The lowest BCUT2D eigenvalue weighted by Gasteiger charge is -2.21. The van der Waals surface area contributed by atoms with E-state index in [1.165, 1.54) is 0 Å². The van der Waals surface area contributed by atoms with Gasteiger partial charge in [-0.25, -0.2) is 0 Å². The third-order valence-corrected chi connectivity index (χ3v) is 4.08. The normalized spacial score (nSPS) is 13.6. The molecule has 0 saturated carbocycles. The molecule has 0 aliphatic heterocycles. The van der Waals surface area contributed by atoms with Crippen LogP contribution >= 0.6 is 41.4 Å². The van der Waals surface area contributed by atoms with E-state index >= 15 is 0 Å². The molecule has 1 aromatic heterocycles. The van der Waals surface area contributed by atoms with Crippen molar-refractivity contribution in [3.63, 3.8) is 0 Å². The van der Waals surface area contributed by atoms with Crippen LogP contribution in [0.5, 0.6) is 0 Å². The van der Waals surface area contributed by atoms with Crippen LogP contribution in [0.25, 0.3) is 0 Å². The molecule has 0 radical (unpaired) electrons. The van der Waals surface area contributed by atoms with E-state index in [2.05, 4.69) is 47.4 Å². The minimum absolute atomic E-state index is 0.192. The second-order valence-electron chi connectivity index (χ2n) is 4.24. The van der Waals surface area contributed by atoms with Gasteiger partial charge in [0.15, 0.2) is 0 Å². The molecular weight excluding hydrogens is 348 g/mol. The topological polar surface area (TPSA) is 55.0 Å². The van der Waals surface area contributed by atoms with Gasteiger partial charge in [0.05, 0.1) is 22.2 Å². The van der Waals surface area contributed by atoms with Crippen LogP contribution in [0.15, 0.2) is 17.2 Å². The van der Waals surface area contributed by atoms with Crippen molar-refractivity contribution in [1.29, 1.82) is 5.26 Å². The lowest BCUT2D eigenvalue weighted by molar-refractivity contribution is -0.143. The maximum absolute atomic E-state index is 11.5. The Balaban J connectivity index is 2.75. The number of alkyl halides is 1. The number of nitrogens with zero attached hydrogens (tertiary/aromatic N) is 2. The van der Waals surface area contributed by atoms with Crippen LogP contribution < -0.4 is 0 Å². The SMILES string of the molecule is CC(C#N)(CCC(=O)OCCBr)c1ccc(S)n1S. The summed E-state index contributed by atoms with van der Waals surface area (Å²) in [5.74, 6) is -0.302. The molecule has 0 aliphatic carbocycles. The highest BCUT2D eigenvalue weighted by Crippen LogP contribution is 2.31. The molecule has 1 unspecified atom stereocenters. The first-order valence-corrected chi connectivity index (χ1v) is 7.65. The molecule has 19 heavy (non-hydrogen) atoms. The van der Waals surface area contributed by atoms with Gasteiger partial charge in [-0.05, 0) is 25.5 Å². The number of esters is 1. The van der Waals surface area contributed by atoms with E-state index in [0.29, 0.717) is 23.4 Å². The van der Waals surface area contributed by atoms with Crippen molar-refractivity contribution in [2.24, 2.45) is 0 Å². The average Bonchev–Trinajstić information content (AvgIpc) is 2.74. The molecule has 0 aromatic carbocycles. The summed E-state index contributed by atoms with van der Waals surface area (Å²) in [5.41, 5.74) is -0.0764. The molecular formula is C12H15BrN2O2S2. The number of aromatic nitrogens is 1. The van der Waals surface area contributed by atoms with Gasteiger partial charge in [0.2, 0.25) is 0 Å². The Bertz CT molecular complexity index is 498. The van der Waals surface area contributed by atoms with E-state index < -0.39 is 5.41 Å². The lowest BCUT2D eigenvalue weighted by atomic mass is 9.84. The Kier molecular flexibility index (Phi) is 6.30. The van der Waals surface area contributed by atoms with Gasteiger partial charge in [0, 0.05) is 11.8 Å². The van der Waals surface area contributed by atoms with E-state index in [-0.39, 0.29) is 12.4 Å². The van der Waals surface area contributed by atoms with Gasteiger partial charge in [0.1, 0.15) is 6.61 Å². The zero-order valence-electron chi connectivity index (χ0n) is 10.5. The van der Waals surface area contributed by atoms with Gasteiger partial charge in [-0.3, -0.25) is 8.77 Å². The number of nitriles is 1.